The molecule has 1 aliphatic carbocycles. The van der Waals surface area contributed by atoms with Crippen molar-refractivity contribution in [1.82, 2.24) is 29.2 Å². The van der Waals surface area contributed by atoms with E-state index in [1.807, 2.05) is 0 Å². The van der Waals surface area contributed by atoms with E-state index in [1.165, 1.54) is 10.9 Å². The molecular weight excluding hydrogens is 436 g/mol. The summed E-state index contributed by atoms with van der Waals surface area (Å²) in [5.41, 5.74) is 1.57. The summed E-state index contributed by atoms with van der Waals surface area (Å²) < 4.78 is 37.5. The highest BCUT2D eigenvalue weighted by atomic mass is 19.3. The molecule has 1 aliphatic heterocycles. The van der Waals surface area contributed by atoms with Gasteiger partial charge in [0.2, 0.25) is 5.89 Å². The highest BCUT2D eigenvalue weighted by Crippen LogP contribution is 2.57. The number of halogens is 2. The molecule has 170 valence electrons. The second-order valence-electron chi connectivity index (χ2n) is 8.38. The van der Waals surface area contributed by atoms with Crippen molar-refractivity contribution >= 4 is 16.9 Å². The van der Waals surface area contributed by atoms with Crippen LogP contribution >= 0.6 is 0 Å². The molecule has 0 radical (unpaired) electrons. The molecule has 3 atom stereocenters. The van der Waals surface area contributed by atoms with Crippen LogP contribution in [0.5, 0.6) is 5.75 Å². The summed E-state index contributed by atoms with van der Waals surface area (Å²) in [6.07, 6.45) is 2.98. The molecule has 33 heavy (non-hydrogen) atoms. The van der Waals surface area contributed by atoms with Gasteiger partial charge >= 0.3 is 6.61 Å². The lowest BCUT2D eigenvalue weighted by atomic mass is 10.2. The van der Waals surface area contributed by atoms with Gasteiger partial charge in [-0.2, -0.15) is 13.8 Å². The van der Waals surface area contributed by atoms with E-state index in [0.717, 1.165) is 18.8 Å². The Balaban J connectivity index is 1.11. The molecule has 12 heteroatoms. The Hall–Kier alpha value is -3.83. The van der Waals surface area contributed by atoms with E-state index in [9.17, 15) is 13.6 Å². The van der Waals surface area contributed by atoms with Crippen LogP contribution in [0.15, 0.2) is 46.2 Å². The normalized spacial score (nSPS) is 21.7. The van der Waals surface area contributed by atoms with Crippen molar-refractivity contribution in [2.75, 3.05) is 18.0 Å². The molecule has 1 aromatic carbocycles. The Labute approximate surface area is 185 Å². The number of nitrogens with zero attached hydrogens (tertiary/aromatic N) is 7. The van der Waals surface area contributed by atoms with E-state index in [4.69, 9.17) is 4.52 Å². The average molecular weight is 455 g/mol. The first-order valence-corrected chi connectivity index (χ1v) is 10.5. The lowest BCUT2D eigenvalue weighted by Crippen LogP contribution is -2.23. The number of hydrogen-bond donors (Lipinski definition) is 0. The minimum Gasteiger partial charge on any atom is -0.435 e. The zero-order chi connectivity index (χ0) is 22.7. The molecule has 1 saturated heterocycles. The van der Waals surface area contributed by atoms with Crippen LogP contribution in [-0.4, -0.2) is 48.9 Å². The number of piperidine rings is 1. The second-order valence-corrected chi connectivity index (χ2v) is 8.38. The quantitative estimate of drug-likeness (QED) is 0.435. The third-order valence-corrected chi connectivity index (χ3v) is 6.41. The molecule has 6 rings (SSSR count). The van der Waals surface area contributed by atoms with Gasteiger partial charge in [0.1, 0.15) is 18.6 Å². The van der Waals surface area contributed by atoms with Crippen LogP contribution in [0.4, 0.5) is 14.5 Å². The summed E-state index contributed by atoms with van der Waals surface area (Å²) in [7, 11) is 1.74. The van der Waals surface area contributed by atoms with E-state index in [2.05, 4.69) is 29.7 Å². The number of benzene rings is 1. The van der Waals surface area contributed by atoms with Crippen LogP contribution in [0.1, 0.15) is 17.6 Å². The van der Waals surface area contributed by atoms with Crippen LogP contribution in [0.3, 0.4) is 0 Å². The van der Waals surface area contributed by atoms with Crippen molar-refractivity contribution in [2.45, 2.75) is 19.1 Å². The van der Waals surface area contributed by atoms with Gasteiger partial charge in [-0.15, -0.1) is 0 Å². The second kappa shape index (κ2) is 7.36. The van der Waals surface area contributed by atoms with Gasteiger partial charge in [0.15, 0.2) is 17.0 Å². The number of rotatable bonds is 6. The zero-order valence-electron chi connectivity index (χ0n) is 17.5. The third kappa shape index (κ3) is 3.41. The van der Waals surface area contributed by atoms with Crippen molar-refractivity contribution in [2.24, 2.45) is 18.9 Å². The minimum absolute atomic E-state index is 0.140. The van der Waals surface area contributed by atoms with E-state index in [-0.39, 0.29) is 23.8 Å². The average Bonchev–Trinajstić information content (AvgIpc) is 3.20. The predicted octanol–water partition coefficient (Wildman–Crippen LogP) is 2.01. The van der Waals surface area contributed by atoms with Crippen molar-refractivity contribution < 1.29 is 18.0 Å². The van der Waals surface area contributed by atoms with E-state index in [1.54, 1.807) is 42.2 Å². The Bertz CT molecular complexity index is 1370. The van der Waals surface area contributed by atoms with Crippen molar-refractivity contribution in [3.63, 3.8) is 0 Å². The fraction of sp³-hybridized carbons (Fsp3) is 0.381. The summed E-state index contributed by atoms with van der Waals surface area (Å²) in [5.74, 6) is 2.18. The van der Waals surface area contributed by atoms with E-state index >= 15 is 0 Å². The van der Waals surface area contributed by atoms with Crippen molar-refractivity contribution in [3.8, 4) is 5.75 Å². The Morgan fingerprint density at radius 1 is 1.15 bits per heavy atom. The van der Waals surface area contributed by atoms with Gasteiger partial charge < -0.3 is 18.7 Å². The fourth-order valence-corrected chi connectivity index (χ4v) is 4.76. The van der Waals surface area contributed by atoms with Gasteiger partial charge in [0, 0.05) is 31.7 Å². The highest BCUT2D eigenvalue weighted by molar-refractivity contribution is 5.68. The SMILES string of the molecule is Cn1cnc2ncn(Cc3nc([C@@H]4[C@@H]5CN(c6ccc(OC(F)F)cc6)C[C@@H]54)no3)c(=O)c21. The maximum absolute atomic E-state index is 12.7. The number of aryl methyl sites for hydroxylation is 1. The number of anilines is 1. The number of fused-ring (bicyclic) bond motifs is 2. The standard InChI is InChI=1S/C21H19F2N7O3/c1-28-9-24-19-17(28)20(31)30(10-25-19)8-15-26-18(27-33-15)16-13-6-29(7-14(13)16)11-2-4-12(5-3-11)32-21(22)23/h2-5,9-10,13-14,16,21H,6-8H2,1H3/t13-,14+,16-. The molecule has 2 fully saturated rings. The molecule has 4 heterocycles. The molecule has 10 nitrogen and oxygen atoms in total. The minimum atomic E-state index is -2.83. The van der Waals surface area contributed by atoms with Crippen LogP contribution in [0, 0.1) is 11.8 Å². The molecule has 0 spiro atoms. The largest absolute Gasteiger partial charge is 0.435 e. The lowest BCUT2D eigenvalue weighted by Gasteiger charge is -2.21. The van der Waals surface area contributed by atoms with Crippen molar-refractivity contribution in [1.29, 1.82) is 0 Å². The smallest absolute Gasteiger partial charge is 0.387 e. The predicted molar refractivity (Wildman–Crippen MR) is 111 cm³/mol. The first-order chi connectivity index (χ1) is 16.0. The van der Waals surface area contributed by atoms with Gasteiger partial charge in [-0.05, 0) is 36.1 Å². The van der Waals surface area contributed by atoms with E-state index in [0.29, 0.717) is 34.7 Å². The summed E-state index contributed by atoms with van der Waals surface area (Å²) in [6, 6.07) is 6.67. The molecular formula is C21H19F2N7O3. The van der Waals surface area contributed by atoms with Gasteiger partial charge in [-0.25, -0.2) is 9.97 Å². The topological polar surface area (TPSA) is 104 Å². The Morgan fingerprint density at radius 2 is 1.88 bits per heavy atom. The Morgan fingerprint density at radius 3 is 2.61 bits per heavy atom. The number of hydrogen-bond acceptors (Lipinski definition) is 8. The number of imidazole rings is 1. The van der Waals surface area contributed by atoms with Gasteiger partial charge in [0.25, 0.3) is 5.56 Å². The van der Waals surface area contributed by atoms with E-state index < -0.39 is 6.61 Å². The maximum Gasteiger partial charge on any atom is 0.387 e. The van der Waals surface area contributed by atoms with Gasteiger partial charge in [-0.1, -0.05) is 5.16 Å². The van der Waals surface area contributed by atoms with Crippen molar-refractivity contribution in [3.05, 3.63) is 59.0 Å². The fourth-order valence-electron chi connectivity index (χ4n) is 4.76. The molecule has 0 unspecified atom stereocenters. The van der Waals surface area contributed by atoms with Crippen LogP contribution < -0.4 is 15.2 Å². The Kier molecular flexibility index (Phi) is 4.42. The van der Waals surface area contributed by atoms with Crippen LogP contribution in [0.25, 0.3) is 11.2 Å². The summed E-state index contributed by atoms with van der Waals surface area (Å²) in [6.45, 7) is -1.03. The number of ether oxygens (including phenoxy) is 1. The molecule has 0 amide bonds. The molecule has 4 aromatic rings. The number of aromatic nitrogens is 6. The zero-order valence-corrected chi connectivity index (χ0v) is 17.5. The van der Waals surface area contributed by atoms with Gasteiger partial charge in [0.05, 0.1) is 6.33 Å². The van der Waals surface area contributed by atoms with Crippen LogP contribution in [0.2, 0.25) is 0 Å². The molecule has 1 saturated carbocycles. The third-order valence-electron chi connectivity index (χ3n) is 6.41. The molecule has 0 bridgehead atoms. The molecule has 3 aromatic heterocycles. The maximum atomic E-state index is 12.7. The monoisotopic (exact) mass is 455 g/mol. The molecule has 2 aliphatic rings. The highest BCUT2D eigenvalue weighted by Gasteiger charge is 2.58. The molecule has 0 N–H and O–H groups in total. The summed E-state index contributed by atoms with van der Waals surface area (Å²) >= 11 is 0. The summed E-state index contributed by atoms with van der Waals surface area (Å²) in [5, 5.41) is 4.15. The first-order valence-electron chi connectivity index (χ1n) is 10.5. The first kappa shape index (κ1) is 19.8. The number of alkyl halides is 2. The summed E-state index contributed by atoms with van der Waals surface area (Å²) in [4.78, 5) is 27.7. The lowest BCUT2D eigenvalue weighted by molar-refractivity contribution is -0.0498. The van der Waals surface area contributed by atoms with Gasteiger partial charge in [-0.3, -0.25) is 9.36 Å². The van der Waals surface area contributed by atoms with Crippen LogP contribution in [-0.2, 0) is 13.6 Å².